The Morgan fingerprint density at radius 2 is 2.17 bits per heavy atom. The Morgan fingerprint density at radius 3 is 2.67 bits per heavy atom. The zero-order valence-corrected chi connectivity index (χ0v) is 7.34. The molecule has 0 aliphatic rings. The van der Waals surface area contributed by atoms with Crippen LogP contribution in [0.3, 0.4) is 0 Å². The summed E-state index contributed by atoms with van der Waals surface area (Å²) in [6.45, 7) is 3.42. The average Bonchev–Trinajstić information content (AvgIpc) is 1.96. The molecule has 0 bridgehead atoms. The molecule has 0 aromatic heterocycles. The van der Waals surface area contributed by atoms with Crippen LogP contribution in [-0.2, 0) is 6.42 Å². The molecule has 12 heavy (non-hydrogen) atoms. The van der Waals surface area contributed by atoms with Gasteiger partial charge in [0, 0.05) is 0 Å². The monoisotopic (exact) mass is 168 g/mol. The molecule has 2 heteroatoms. The molecule has 1 atom stereocenters. The lowest BCUT2D eigenvalue weighted by molar-refractivity contribution is 0.195. The number of aryl methyl sites for hydroxylation is 1. The smallest absolute Gasteiger partial charge is 0.126 e. The second kappa shape index (κ2) is 3.68. The van der Waals surface area contributed by atoms with Gasteiger partial charge in [-0.15, -0.1) is 0 Å². The van der Waals surface area contributed by atoms with Gasteiger partial charge in [-0.3, -0.25) is 0 Å². The van der Waals surface area contributed by atoms with Gasteiger partial charge in [0.05, 0.1) is 6.10 Å². The van der Waals surface area contributed by atoms with Gasteiger partial charge >= 0.3 is 0 Å². The van der Waals surface area contributed by atoms with Crippen molar-refractivity contribution in [2.45, 2.75) is 26.4 Å². The summed E-state index contributed by atoms with van der Waals surface area (Å²) in [6, 6.07) is 5.04. The number of aliphatic hydroxyl groups is 1. The number of hydrogen-bond acceptors (Lipinski definition) is 1. The van der Waals surface area contributed by atoms with Gasteiger partial charge in [-0.2, -0.15) is 0 Å². The van der Waals surface area contributed by atoms with Crippen LogP contribution in [0.15, 0.2) is 18.2 Å². The third-order valence-electron chi connectivity index (χ3n) is 1.77. The molecule has 66 valence electrons. The molecular weight excluding hydrogens is 155 g/mol. The van der Waals surface area contributed by atoms with Gasteiger partial charge in [0.2, 0.25) is 0 Å². The van der Waals surface area contributed by atoms with Gasteiger partial charge < -0.3 is 5.11 Å². The quantitative estimate of drug-likeness (QED) is 0.716. The van der Waals surface area contributed by atoms with Gasteiger partial charge in [-0.25, -0.2) is 4.39 Å². The maximum Gasteiger partial charge on any atom is 0.126 e. The molecule has 0 aliphatic carbocycles. The summed E-state index contributed by atoms with van der Waals surface area (Å²) in [7, 11) is 0. The Kier molecular flexibility index (Phi) is 2.82. The topological polar surface area (TPSA) is 20.2 Å². The van der Waals surface area contributed by atoms with Crippen molar-refractivity contribution in [3.63, 3.8) is 0 Å². The number of aliphatic hydroxyl groups excluding tert-OH is 1. The molecule has 0 saturated heterocycles. The van der Waals surface area contributed by atoms with Crippen molar-refractivity contribution in [2.24, 2.45) is 0 Å². The first-order chi connectivity index (χ1) is 5.59. The number of benzene rings is 1. The van der Waals surface area contributed by atoms with Crippen molar-refractivity contribution in [1.82, 2.24) is 0 Å². The van der Waals surface area contributed by atoms with Gasteiger partial charge in [-0.1, -0.05) is 12.1 Å². The van der Waals surface area contributed by atoms with Crippen LogP contribution in [-0.4, -0.2) is 11.2 Å². The molecule has 1 aromatic rings. The van der Waals surface area contributed by atoms with Crippen LogP contribution in [0.25, 0.3) is 0 Å². The summed E-state index contributed by atoms with van der Waals surface area (Å²) in [4.78, 5) is 0. The van der Waals surface area contributed by atoms with E-state index < -0.39 is 6.10 Å². The molecule has 0 fully saturated rings. The lowest BCUT2D eigenvalue weighted by Gasteiger charge is -2.04. The normalized spacial score (nSPS) is 13.0. The van der Waals surface area contributed by atoms with Gasteiger partial charge in [0.25, 0.3) is 0 Å². The van der Waals surface area contributed by atoms with E-state index in [2.05, 4.69) is 0 Å². The van der Waals surface area contributed by atoms with E-state index in [4.69, 9.17) is 5.11 Å². The van der Waals surface area contributed by atoms with E-state index in [0.717, 1.165) is 5.56 Å². The highest BCUT2D eigenvalue weighted by Gasteiger charge is 2.01. The van der Waals surface area contributed by atoms with E-state index in [1.807, 2.05) is 6.07 Å². The molecule has 0 amide bonds. The summed E-state index contributed by atoms with van der Waals surface area (Å²) in [5.74, 6) is -0.201. The van der Waals surface area contributed by atoms with Crippen molar-refractivity contribution in [2.75, 3.05) is 0 Å². The van der Waals surface area contributed by atoms with Gasteiger partial charge in [0.1, 0.15) is 5.82 Å². The van der Waals surface area contributed by atoms with E-state index in [0.29, 0.717) is 12.0 Å². The molecule has 1 nitrogen and oxygen atoms in total. The first kappa shape index (κ1) is 9.20. The highest BCUT2D eigenvalue weighted by Crippen LogP contribution is 2.10. The Morgan fingerprint density at radius 1 is 1.50 bits per heavy atom. The molecule has 1 rings (SSSR count). The van der Waals surface area contributed by atoms with Gasteiger partial charge in [0.15, 0.2) is 0 Å². The first-order valence-corrected chi connectivity index (χ1v) is 4.02. The molecule has 0 spiro atoms. The second-order valence-corrected chi connectivity index (χ2v) is 3.14. The molecule has 0 saturated carbocycles. The third kappa shape index (κ3) is 2.31. The first-order valence-electron chi connectivity index (χ1n) is 4.02. The standard InChI is InChI=1S/C10H13FO/c1-7-3-4-9(5-8(2)12)6-10(7)11/h3-4,6,8,12H,5H2,1-2H3. The van der Waals surface area contributed by atoms with Crippen LogP contribution in [0.4, 0.5) is 4.39 Å². The van der Waals surface area contributed by atoms with Crippen molar-refractivity contribution in [1.29, 1.82) is 0 Å². The fourth-order valence-corrected chi connectivity index (χ4v) is 1.10. The lowest BCUT2D eigenvalue weighted by Crippen LogP contribution is -2.04. The Bertz CT molecular complexity index is 269. The van der Waals surface area contributed by atoms with E-state index in [1.165, 1.54) is 6.07 Å². The SMILES string of the molecule is Cc1ccc(CC(C)O)cc1F. The molecule has 0 radical (unpaired) electrons. The van der Waals surface area contributed by atoms with E-state index >= 15 is 0 Å². The predicted octanol–water partition coefficient (Wildman–Crippen LogP) is 2.06. The molecule has 1 unspecified atom stereocenters. The van der Waals surface area contributed by atoms with Crippen molar-refractivity contribution in [3.8, 4) is 0 Å². The highest BCUT2D eigenvalue weighted by molar-refractivity contribution is 5.23. The predicted molar refractivity (Wildman–Crippen MR) is 46.5 cm³/mol. The minimum atomic E-state index is -0.410. The summed E-state index contributed by atoms with van der Waals surface area (Å²) < 4.78 is 12.9. The van der Waals surface area contributed by atoms with Crippen molar-refractivity contribution >= 4 is 0 Å². The van der Waals surface area contributed by atoms with Gasteiger partial charge in [-0.05, 0) is 37.5 Å². The Hall–Kier alpha value is -0.890. The zero-order chi connectivity index (χ0) is 9.14. The third-order valence-corrected chi connectivity index (χ3v) is 1.77. The summed E-state index contributed by atoms with van der Waals surface area (Å²) in [5, 5.41) is 9.04. The summed E-state index contributed by atoms with van der Waals surface area (Å²) in [5.41, 5.74) is 1.48. The van der Waals surface area contributed by atoms with Crippen LogP contribution >= 0.6 is 0 Å². The fraction of sp³-hybridized carbons (Fsp3) is 0.400. The second-order valence-electron chi connectivity index (χ2n) is 3.14. The van der Waals surface area contributed by atoms with Crippen LogP contribution in [0.1, 0.15) is 18.1 Å². The fourth-order valence-electron chi connectivity index (χ4n) is 1.10. The molecular formula is C10H13FO. The van der Waals surface area contributed by atoms with E-state index in [1.54, 1.807) is 19.9 Å². The van der Waals surface area contributed by atoms with Crippen molar-refractivity contribution < 1.29 is 9.50 Å². The van der Waals surface area contributed by atoms with Crippen molar-refractivity contribution in [3.05, 3.63) is 35.1 Å². The van der Waals surface area contributed by atoms with E-state index in [-0.39, 0.29) is 5.82 Å². The van der Waals surface area contributed by atoms with E-state index in [9.17, 15) is 4.39 Å². The Balaban J connectivity index is 2.82. The molecule has 1 aromatic carbocycles. The van der Waals surface area contributed by atoms with Crippen LogP contribution < -0.4 is 0 Å². The van der Waals surface area contributed by atoms with Crippen LogP contribution in [0.5, 0.6) is 0 Å². The minimum Gasteiger partial charge on any atom is -0.393 e. The number of rotatable bonds is 2. The minimum absolute atomic E-state index is 0.201. The molecule has 1 N–H and O–H groups in total. The number of hydrogen-bond donors (Lipinski definition) is 1. The highest BCUT2D eigenvalue weighted by atomic mass is 19.1. The Labute approximate surface area is 71.9 Å². The zero-order valence-electron chi connectivity index (χ0n) is 7.34. The maximum absolute atomic E-state index is 12.9. The average molecular weight is 168 g/mol. The lowest BCUT2D eigenvalue weighted by atomic mass is 10.1. The van der Waals surface area contributed by atoms with Crippen LogP contribution in [0.2, 0.25) is 0 Å². The van der Waals surface area contributed by atoms with Crippen LogP contribution in [0, 0.1) is 12.7 Å². The number of halogens is 1. The summed E-state index contributed by atoms with van der Waals surface area (Å²) >= 11 is 0. The summed E-state index contributed by atoms with van der Waals surface area (Å²) in [6.07, 6.45) is 0.101. The molecule has 0 aliphatic heterocycles. The molecule has 0 heterocycles. The maximum atomic E-state index is 12.9. The largest absolute Gasteiger partial charge is 0.393 e.